The summed E-state index contributed by atoms with van der Waals surface area (Å²) < 4.78 is 0. The van der Waals surface area contributed by atoms with Gasteiger partial charge in [-0.25, -0.2) is 0 Å². The van der Waals surface area contributed by atoms with Crippen molar-refractivity contribution in [3.05, 3.63) is 35.4 Å². The molecule has 2 unspecified atom stereocenters. The Morgan fingerprint density at radius 3 is 2.79 bits per heavy atom. The van der Waals surface area contributed by atoms with Gasteiger partial charge in [-0.1, -0.05) is 31.2 Å². The molecule has 1 amide bonds. The van der Waals surface area contributed by atoms with Gasteiger partial charge >= 0.3 is 5.97 Å². The number of carbonyl (C=O) groups excluding carboxylic acids is 1. The monoisotopic (exact) mass is 262 g/mol. The summed E-state index contributed by atoms with van der Waals surface area (Å²) in [4.78, 5) is 22.7. The van der Waals surface area contributed by atoms with E-state index in [0.29, 0.717) is 13.0 Å². The number of hydrogen-bond donors (Lipinski definition) is 3. The van der Waals surface area contributed by atoms with Crippen LogP contribution in [0.2, 0.25) is 0 Å². The third-order valence-corrected chi connectivity index (χ3v) is 3.40. The number of fused-ring (bicyclic) bond motifs is 1. The Bertz CT molecular complexity index is 487. The van der Waals surface area contributed by atoms with Crippen LogP contribution < -0.4 is 10.6 Å². The van der Waals surface area contributed by atoms with E-state index in [-0.39, 0.29) is 18.5 Å². The van der Waals surface area contributed by atoms with Crippen LogP contribution in [0.15, 0.2) is 24.3 Å². The van der Waals surface area contributed by atoms with Crippen molar-refractivity contribution in [3.63, 3.8) is 0 Å². The fraction of sp³-hybridized carbons (Fsp3) is 0.429. The van der Waals surface area contributed by atoms with Crippen LogP contribution in [0.3, 0.4) is 0 Å². The van der Waals surface area contributed by atoms with E-state index in [9.17, 15) is 9.59 Å². The molecule has 1 aromatic carbocycles. The van der Waals surface area contributed by atoms with Gasteiger partial charge in [0.05, 0.1) is 12.0 Å². The molecule has 1 heterocycles. The van der Waals surface area contributed by atoms with Crippen molar-refractivity contribution in [1.29, 1.82) is 0 Å². The van der Waals surface area contributed by atoms with Crippen LogP contribution >= 0.6 is 0 Å². The molecule has 0 aliphatic carbocycles. The average molecular weight is 262 g/mol. The average Bonchev–Trinajstić information content (AvgIpc) is 2.43. The lowest BCUT2D eigenvalue weighted by molar-refractivity contribution is -0.141. The van der Waals surface area contributed by atoms with Gasteiger partial charge in [-0.05, 0) is 17.5 Å². The third-order valence-electron chi connectivity index (χ3n) is 3.40. The summed E-state index contributed by atoms with van der Waals surface area (Å²) in [6.07, 6.45) is 0.642. The number of nitrogens with one attached hydrogen (secondary N) is 2. The minimum absolute atomic E-state index is 0.136. The van der Waals surface area contributed by atoms with E-state index in [1.165, 1.54) is 11.1 Å². The molecule has 0 saturated carbocycles. The van der Waals surface area contributed by atoms with Crippen LogP contribution in [-0.4, -0.2) is 29.6 Å². The highest BCUT2D eigenvalue weighted by atomic mass is 16.4. The second-order valence-electron chi connectivity index (χ2n) is 4.89. The Morgan fingerprint density at radius 2 is 2.11 bits per heavy atom. The van der Waals surface area contributed by atoms with Crippen LogP contribution in [0, 0.1) is 5.92 Å². The lowest BCUT2D eigenvalue weighted by Crippen LogP contribution is -2.48. The fourth-order valence-corrected chi connectivity index (χ4v) is 2.10. The van der Waals surface area contributed by atoms with Crippen LogP contribution in [0.5, 0.6) is 0 Å². The van der Waals surface area contributed by atoms with Crippen molar-refractivity contribution >= 4 is 11.9 Å². The van der Waals surface area contributed by atoms with Gasteiger partial charge in [-0.3, -0.25) is 9.59 Å². The van der Waals surface area contributed by atoms with Crippen LogP contribution in [0.25, 0.3) is 0 Å². The number of aliphatic carboxylic acids is 1. The Kier molecular flexibility index (Phi) is 4.16. The first-order valence-corrected chi connectivity index (χ1v) is 6.38. The van der Waals surface area contributed by atoms with Crippen molar-refractivity contribution in [2.24, 2.45) is 5.92 Å². The first-order chi connectivity index (χ1) is 9.08. The Morgan fingerprint density at radius 1 is 1.42 bits per heavy atom. The van der Waals surface area contributed by atoms with E-state index in [1.54, 1.807) is 6.92 Å². The lowest BCUT2D eigenvalue weighted by atomic mass is 9.95. The smallest absolute Gasteiger partial charge is 0.308 e. The van der Waals surface area contributed by atoms with Crippen LogP contribution in [-0.2, 0) is 22.6 Å². The number of rotatable bonds is 4. The predicted molar refractivity (Wildman–Crippen MR) is 70.6 cm³/mol. The van der Waals surface area contributed by atoms with E-state index in [2.05, 4.69) is 10.6 Å². The van der Waals surface area contributed by atoms with E-state index in [1.807, 2.05) is 24.3 Å². The molecule has 1 aromatic rings. The SMILES string of the molecule is CC(CNC(=O)C1Cc2ccccc2CN1)C(=O)O. The van der Waals surface area contributed by atoms with Crippen molar-refractivity contribution in [3.8, 4) is 0 Å². The molecular weight excluding hydrogens is 244 g/mol. The molecule has 102 valence electrons. The minimum Gasteiger partial charge on any atom is -0.481 e. The van der Waals surface area contributed by atoms with Crippen molar-refractivity contribution in [2.75, 3.05) is 6.54 Å². The standard InChI is InChI=1S/C14H18N2O3/c1-9(14(18)19)7-16-13(17)12-6-10-4-2-3-5-11(10)8-15-12/h2-5,9,12,15H,6-8H2,1H3,(H,16,17)(H,18,19). The van der Waals surface area contributed by atoms with Gasteiger partial charge in [0.2, 0.25) is 5.91 Å². The maximum Gasteiger partial charge on any atom is 0.308 e. The molecule has 19 heavy (non-hydrogen) atoms. The van der Waals surface area contributed by atoms with Gasteiger partial charge < -0.3 is 15.7 Å². The normalized spacial score (nSPS) is 19.3. The summed E-state index contributed by atoms with van der Waals surface area (Å²) in [5, 5.41) is 14.6. The van der Waals surface area contributed by atoms with Crippen molar-refractivity contribution in [2.45, 2.75) is 25.9 Å². The van der Waals surface area contributed by atoms with Gasteiger partial charge in [0, 0.05) is 13.1 Å². The molecule has 1 aliphatic rings. The summed E-state index contributed by atoms with van der Waals surface area (Å²) in [7, 11) is 0. The maximum absolute atomic E-state index is 12.0. The summed E-state index contributed by atoms with van der Waals surface area (Å²) in [6, 6.07) is 7.73. The largest absolute Gasteiger partial charge is 0.481 e. The number of carboxylic acids is 1. The molecule has 1 aliphatic heterocycles. The molecule has 5 heteroatoms. The van der Waals surface area contributed by atoms with Gasteiger partial charge in [-0.15, -0.1) is 0 Å². The number of carbonyl (C=O) groups is 2. The fourth-order valence-electron chi connectivity index (χ4n) is 2.10. The van der Waals surface area contributed by atoms with Gasteiger partial charge in [0.1, 0.15) is 0 Å². The zero-order valence-corrected chi connectivity index (χ0v) is 10.8. The molecule has 0 fully saturated rings. The highest BCUT2D eigenvalue weighted by molar-refractivity contribution is 5.83. The summed E-state index contributed by atoms with van der Waals surface area (Å²) in [5.41, 5.74) is 2.39. The van der Waals surface area contributed by atoms with Gasteiger partial charge in [-0.2, -0.15) is 0 Å². The quantitative estimate of drug-likeness (QED) is 0.740. The molecule has 0 radical (unpaired) electrons. The lowest BCUT2D eigenvalue weighted by Gasteiger charge is -2.25. The molecule has 0 saturated heterocycles. The van der Waals surface area contributed by atoms with Gasteiger partial charge in [0.25, 0.3) is 0 Å². The molecule has 0 spiro atoms. The molecule has 2 rings (SSSR count). The second-order valence-corrected chi connectivity index (χ2v) is 4.89. The van der Waals surface area contributed by atoms with E-state index < -0.39 is 11.9 Å². The van der Waals surface area contributed by atoms with E-state index in [4.69, 9.17) is 5.11 Å². The molecule has 0 aromatic heterocycles. The van der Waals surface area contributed by atoms with Crippen molar-refractivity contribution < 1.29 is 14.7 Å². The highest BCUT2D eigenvalue weighted by Crippen LogP contribution is 2.16. The van der Waals surface area contributed by atoms with E-state index in [0.717, 1.165) is 0 Å². The summed E-state index contributed by atoms with van der Waals surface area (Å²) >= 11 is 0. The second kappa shape index (κ2) is 5.84. The number of carboxylic acid groups (broad SMARTS) is 1. The van der Waals surface area contributed by atoms with Crippen LogP contribution in [0.1, 0.15) is 18.1 Å². The number of hydrogen-bond acceptors (Lipinski definition) is 3. The number of benzene rings is 1. The first-order valence-electron chi connectivity index (χ1n) is 6.38. The molecular formula is C14H18N2O3. The van der Waals surface area contributed by atoms with Crippen molar-refractivity contribution in [1.82, 2.24) is 10.6 Å². The minimum atomic E-state index is -0.901. The zero-order chi connectivity index (χ0) is 13.8. The van der Waals surface area contributed by atoms with Crippen LogP contribution in [0.4, 0.5) is 0 Å². The molecule has 0 bridgehead atoms. The topological polar surface area (TPSA) is 78.4 Å². The number of amides is 1. The molecule has 2 atom stereocenters. The predicted octanol–water partition coefficient (Wildman–Crippen LogP) is 0.538. The zero-order valence-electron chi connectivity index (χ0n) is 10.8. The Hall–Kier alpha value is -1.88. The van der Waals surface area contributed by atoms with E-state index >= 15 is 0 Å². The third kappa shape index (κ3) is 3.32. The molecule has 5 nitrogen and oxygen atoms in total. The Labute approximate surface area is 112 Å². The summed E-state index contributed by atoms with van der Waals surface area (Å²) in [5.74, 6) is -1.61. The summed E-state index contributed by atoms with van der Waals surface area (Å²) in [6.45, 7) is 2.41. The first kappa shape index (κ1) is 13.5. The molecule has 3 N–H and O–H groups in total. The maximum atomic E-state index is 12.0. The highest BCUT2D eigenvalue weighted by Gasteiger charge is 2.24. The Balaban J connectivity index is 1.90. The van der Waals surface area contributed by atoms with Gasteiger partial charge in [0.15, 0.2) is 0 Å².